The molecule has 1 amide bonds. The highest BCUT2D eigenvalue weighted by Crippen LogP contribution is 2.29. The van der Waals surface area contributed by atoms with Gasteiger partial charge in [-0.15, -0.1) is 0 Å². The number of ether oxygens (including phenoxy) is 2. The number of hydrogen-bond acceptors (Lipinski definition) is 4. The molecule has 0 aliphatic rings. The fourth-order valence-corrected chi connectivity index (χ4v) is 2.90. The van der Waals surface area contributed by atoms with E-state index in [2.05, 4.69) is 9.98 Å². The summed E-state index contributed by atoms with van der Waals surface area (Å²) in [6, 6.07) is 11.7. The minimum Gasteiger partial charge on any atom is -0.486 e. The first-order valence-electron chi connectivity index (χ1n) is 11.0. The first kappa shape index (κ1) is 27.6. The van der Waals surface area contributed by atoms with Gasteiger partial charge in [0, 0.05) is 23.2 Å². The zero-order valence-corrected chi connectivity index (χ0v) is 21.6. The molecule has 1 heterocycles. The highest BCUT2D eigenvalue weighted by Gasteiger charge is 2.24. The Balaban J connectivity index is 0.00000249. The number of halogens is 1. The highest BCUT2D eigenvalue weighted by molar-refractivity contribution is 6.30. The first-order chi connectivity index (χ1) is 14.8. The Morgan fingerprint density at radius 1 is 1.06 bits per heavy atom. The number of hydrogen-bond donors (Lipinski definition) is 0. The number of aryl methyl sites for hydroxylation is 1. The number of benzene rings is 1. The summed E-state index contributed by atoms with van der Waals surface area (Å²) in [5.74, 6) is 0.506. The van der Waals surface area contributed by atoms with Crippen molar-refractivity contribution < 1.29 is 14.3 Å². The standard InChI is InChI=1S/C24H31ClN2O3.C2H6/c1-16-18(14-20(23(2,3)4)27-22(28)30-24(5,6)7)13-19(21(25)26-16)29-15-17-11-9-8-10-12-17;1-2/h8-13H,14-15H2,1-7H3;1-2H3/b27-20-;. The second-order valence-corrected chi connectivity index (χ2v) is 9.62. The van der Waals surface area contributed by atoms with Crippen molar-refractivity contribution in [3.05, 3.63) is 58.4 Å². The molecule has 2 rings (SSSR count). The monoisotopic (exact) mass is 460 g/mol. The molecule has 1 aromatic heterocycles. The SMILES string of the molecule is CC.Cc1nc(Cl)c(OCc2ccccc2)cc1C/C(=N/C(=O)OC(C)(C)C)C(C)(C)C. The van der Waals surface area contributed by atoms with Crippen LogP contribution in [0.3, 0.4) is 0 Å². The Morgan fingerprint density at radius 3 is 2.19 bits per heavy atom. The molecule has 0 bridgehead atoms. The van der Waals surface area contributed by atoms with Gasteiger partial charge in [-0.05, 0) is 44.9 Å². The maximum absolute atomic E-state index is 12.3. The van der Waals surface area contributed by atoms with Crippen molar-refractivity contribution in [3.63, 3.8) is 0 Å². The van der Waals surface area contributed by atoms with Crippen molar-refractivity contribution in [2.45, 2.75) is 80.9 Å². The topological polar surface area (TPSA) is 60.8 Å². The molecule has 0 N–H and O–H groups in total. The Kier molecular flexibility index (Phi) is 10.4. The van der Waals surface area contributed by atoms with Crippen LogP contribution >= 0.6 is 11.6 Å². The molecular weight excluding hydrogens is 424 g/mol. The average molecular weight is 461 g/mol. The number of pyridine rings is 1. The Morgan fingerprint density at radius 2 is 1.66 bits per heavy atom. The lowest BCUT2D eigenvalue weighted by Crippen LogP contribution is -2.27. The van der Waals surface area contributed by atoms with Crippen LogP contribution in [0.15, 0.2) is 41.4 Å². The molecule has 0 atom stereocenters. The summed E-state index contributed by atoms with van der Waals surface area (Å²) >= 11 is 6.31. The number of carbonyl (C=O) groups is 1. The van der Waals surface area contributed by atoms with Crippen molar-refractivity contribution in [3.8, 4) is 5.75 Å². The van der Waals surface area contributed by atoms with Crippen molar-refractivity contribution in [2.24, 2.45) is 10.4 Å². The van der Waals surface area contributed by atoms with Gasteiger partial charge in [-0.25, -0.2) is 9.78 Å². The average Bonchev–Trinajstić information content (AvgIpc) is 2.68. The Bertz CT molecular complexity index is 911. The van der Waals surface area contributed by atoms with Crippen LogP contribution in [-0.4, -0.2) is 22.4 Å². The van der Waals surface area contributed by atoms with Crippen molar-refractivity contribution in [1.29, 1.82) is 0 Å². The van der Waals surface area contributed by atoms with E-state index in [0.29, 0.717) is 29.6 Å². The summed E-state index contributed by atoms with van der Waals surface area (Å²) in [4.78, 5) is 21.0. The normalized spacial score (nSPS) is 12.0. The molecular formula is C26H37ClN2O3. The quantitative estimate of drug-likeness (QED) is 0.340. The predicted octanol–water partition coefficient (Wildman–Crippen LogP) is 7.61. The van der Waals surface area contributed by atoms with Crippen LogP contribution in [0.25, 0.3) is 0 Å². The molecule has 0 aliphatic heterocycles. The highest BCUT2D eigenvalue weighted by atomic mass is 35.5. The molecule has 0 fully saturated rings. The van der Waals surface area contributed by atoms with Crippen LogP contribution in [0.4, 0.5) is 4.79 Å². The number of rotatable bonds is 5. The summed E-state index contributed by atoms with van der Waals surface area (Å²) < 4.78 is 11.3. The predicted molar refractivity (Wildman–Crippen MR) is 133 cm³/mol. The lowest BCUT2D eigenvalue weighted by Gasteiger charge is -2.24. The summed E-state index contributed by atoms with van der Waals surface area (Å²) in [6.07, 6.45) is -0.145. The fourth-order valence-electron chi connectivity index (χ4n) is 2.66. The Labute approximate surface area is 198 Å². The molecule has 0 spiro atoms. The third kappa shape index (κ3) is 9.39. The fraction of sp³-hybridized carbons (Fsp3) is 0.500. The maximum atomic E-state index is 12.3. The van der Waals surface area contributed by atoms with Crippen LogP contribution < -0.4 is 4.74 Å². The summed E-state index contributed by atoms with van der Waals surface area (Å²) in [7, 11) is 0. The first-order valence-corrected chi connectivity index (χ1v) is 11.4. The van der Waals surface area contributed by atoms with E-state index in [1.165, 1.54) is 0 Å². The van der Waals surface area contributed by atoms with Crippen molar-refractivity contribution in [2.75, 3.05) is 0 Å². The largest absolute Gasteiger partial charge is 0.486 e. The van der Waals surface area contributed by atoms with Gasteiger partial charge >= 0.3 is 6.09 Å². The number of aliphatic imine (C=N–C) groups is 1. The third-order valence-electron chi connectivity index (χ3n) is 4.32. The molecule has 0 aliphatic carbocycles. The van der Waals surface area contributed by atoms with E-state index in [4.69, 9.17) is 21.1 Å². The molecule has 1 aromatic carbocycles. The van der Waals surface area contributed by atoms with Gasteiger partial charge in [-0.3, -0.25) is 0 Å². The van der Waals surface area contributed by atoms with Crippen LogP contribution in [0.1, 0.15) is 72.2 Å². The van der Waals surface area contributed by atoms with Gasteiger partial charge in [0.15, 0.2) is 10.9 Å². The second kappa shape index (κ2) is 12.0. The summed E-state index contributed by atoms with van der Waals surface area (Å²) in [6.45, 7) is 17.8. The van der Waals surface area contributed by atoms with E-state index in [1.807, 2.05) is 98.7 Å². The number of nitrogens with zero attached hydrogens (tertiary/aromatic N) is 2. The van der Waals surface area contributed by atoms with E-state index >= 15 is 0 Å². The van der Waals surface area contributed by atoms with Crippen LogP contribution in [-0.2, 0) is 17.8 Å². The maximum Gasteiger partial charge on any atom is 0.434 e. The molecule has 0 radical (unpaired) electrons. The van der Waals surface area contributed by atoms with Crippen LogP contribution in [0.5, 0.6) is 5.75 Å². The smallest absolute Gasteiger partial charge is 0.434 e. The minimum atomic E-state index is -0.597. The Hall–Kier alpha value is -2.40. The zero-order valence-electron chi connectivity index (χ0n) is 20.9. The number of carbonyl (C=O) groups excluding carboxylic acids is 1. The molecule has 0 saturated carbocycles. The van der Waals surface area contributed by atoms with E-state index in [9.17, 15) is 4.79 Å². The van der Waals surface area contributed by atoms with E-state index in [1.54, 1.807) is 0 Å². The van der Waals surface area contributed by atoms with Gasteiger partial charge in [-0.2, -0.15) is 4.99 Å². The van der Waals surface area contributed by atoms with Gasteiger partial charge in [0.2, 0.25) is 0 Å². The van der Waals surface area contributed by atoms with E-state index in [0.717, 1.165) is 16.8 Å². The van der Waals surface area contributed by atoms with Gasteiger partial charge in [0.05, 0.1) is 0 Å². The molecule has 176 valence electrons. The summed E-state index contributed by atoms with van der Waals surface area (Å²) in [5.41, 5.74) is 2.50. The van der Waals surface area contributed by atoms with Gasteiger partial charge in [0.1, 0.15) is 12.2 Å². The molecule has 32 heavy (non-hydrogen) atoms. The number of amides is 1. The number of aromatic nitrogens is 1. The molecule has 2 aromatic rings. The van der Waals surface area contributed by atoms with E-state index in [-0.39, 0.29) is 5.41 Å². The van der Waals surface area contributed by atoms with Gasteiger partial charge in [0.25, 0.3) is 0 Å². The lowest BCUT2D eigenvalue weighted by molar-refractivity contribution is 0.0602. The molecule has 0 saturated heterocycles. The minimum absolute atomic E-state index is 0.313. The lowest BCUT2D eigenvalue weighted by atomic mass is 9.86. The summed E-state index contributed by atoms with van der Waals surface area (Å²) in [5, 5.41) is 0.313. The molecule has 5 nitrogen and oxygen atoms in total. The zero-order chi connectivity index (χ0) is 24.5. The van der Waals surface area contributed by atoms with Gasteiger partial charge < -0.3 is 9.47 Å². The van der Waals surface area contributed by atoms with Crippen molar-refractivity contribution in [1.82, 2.24) is 4.98 Å². The van der Waals surface area contributed by atoms with Crippen LogP contribution in [0, 0.1) is 12.3 Å². The second-order valence-electron chi connectivity index (χ2n) is 9.26. The van der Waals surface area contributed by atoms with Crippen molar-refractivity contribution >= 4 is 23.4 Å². The molecule has 0 unspecified atom stereocenters. The third-order valence-corrected chi connectivity index (χ3v) is 4.59. The van der Waals surface area contributed by atoms with Gasteiger partial charge in [-0.1, -0.05) is 76.6 Å². The molecule has 6 heteroatoms. The van der Waals surface area contributed by atoms with Crippen LogP contribution in [0.2, 0.25) is 5.15 Å². The van der Waals surface area contributed by atoms with E-state index < -0.39 is 11.7 Å².